The molecule has 0 spiro atoms. The van der Waals surface area contributed by atoms with E-state index in [4.69, 9.17) is 4.74 Å². The standard InChI is InChI=1S/C15H29NO2/c1-4-10-16(11-5-2)15(17)13(3)12-18-14-8-6-7-9-14/h13-14H,4-12H2,1-3H3. The van der Waals surface area contributed by atoms with Crippen LogP contribution in [-0.4, -0.2) is 36.6 Å². The van der Waals surface area contributed by atoms with Crippen LogP contribution in [0.3, 0.4) is 0 Å². The molecule has 0 aliphatic heterocycles. The lowest BCUT2D eigenvalue weighted by atomic mass is 10.1. The van der Waals surface area contributed by atoms with Crippen LogP contribution in [-0.2, 0) is 9.53 Å². The van der Waals surface area contributed by atoms with Gasteiger partial charge in [0.15, 0.2) is 0 Å². The molecule has 0 heterocycles. The highest BCUT2D eigenvalue weighted by Gasteiger charge is 2.22. The third kappa shape index (κ3) is 4.97. The van der Waals surface area contributed by atoms with Crippen LogP contribution < -0.4 is 0 Å². The first-order valence-electron chi connectivity index (χ1n) is 7.59. The maximum Gasteiger partial charge on any atom is 0.227 e. The Kier molecular flexibility index (Phi) is 7.33. The smallest absolute Gasteiger partial charge is 0.227 e. The molecule has 1 unspecified atom stereocenters. The largest absolute Gasteiger partial charge is 0.377 e. The molecule has 0 bridgehead atoms. The van der Waals surface area contributed by atoms with E-state index < -0.39 is 0 Å². The summed E-state index contributed by atoms with van der Waals surface area (Å²) in [4.78, 5) is 14.3. The van der Waals surface area contributed by atoms with Gasteiger partial charge in [0.05, 0.1) is 18.6 Å². The van der Waals surface area contributed by atoms with Crippen molar-refractivity contribution in [3.63, 3.8) is 0 Å². The van der Waals surface area contributed by atoms with E-state index in [1.807, 2.05) is 11.8 Å². The van der Waals surface area contributed by atoms with Crippen molar-refractivity contribution in [1.29, 1.82) is 0 Å². The van der Waals surface area contributed by atoms with E-state index >= 15 is 0 Å². The third-order valence-corrected chi connectivity index (χ3v) is 3.60. The number of rotatable bonds is 8. The van der Waals surface area contributed by atoms with Crippen LogP contribution in [0, 0.1) is 5.92 Å². The van der Waals surface area contributed by atoms with Crippen LogP contribution in [0.15, 0.2) is 0 Å². The van der Waals surface area contributed by atoms with Crippen molar-refractivity contribution in [3.8, 4) is 0 Å². The summed E-state index contributed by atoms with van der Waals surface area (Å²) in [6, 6.07) is 0. The van der Waals surface area contributed by atoms with Crippen LogP contribution >= 0.6 is 0 Å². The first-order chi connectivity index (χ1) is 8.69. The Morgan fingerprint density at radius 1 is 1.22 bits per heavy atom. The van der Waals surface area contributed by atoms with E-state index in [-0.39, 0.29) is 11.8 Å². The fraction of sp³-hybridized carbons (Fsp3) is 0.933. The van der Waals surface area contributed by atoms with Crippen molar-refractivity contribution in [2.75, 3.05) is 19.7 Å². The summed E-state index contributed by atoms with van der Waals surface area (Å²) in [5.41, 5.74) is 0. The van der Waals surface area contributed by atoms with Crippen LogP contribution in [0.2, 0.25) is 0 Å². The molecule has 1 saturated carbocycles. The Morgan fingerprint density at radius 2 is 1.78 bits per heavy atom. The molecule has 18 heavy (non-hydrogen) atoms. The Balaban J connectivity index is 2.32. The van der Waals surface area contributed by atoms with Gasteiger partial charge >= 0.3 is 0 Å². The molecule has 0 aromatic rings. The fourth-order valence-corrected chi connectivity index (χ4v) is 2.59. The molecule has 0 saturated heterocycles. The summed E-state index contributed by atoms with van der Waals surface area (Å²) < 4.78 is 5.84. The van der Waals surface area contributed by atoms with Crippen LogP contribution in [0.1, 0.15) is 59.3 Å². The van der Waals surface area contributed by atoms with Gasteiger partial charge in [0, 0.05) is 13.1 Å². The number of nitrogens with zero attached hydrogens (tertiary/aromatic N) is 1. The summed E-state index contributed by atoms with van der Waals surface area (Å²) in [5, 5.41) is 0. The Bertz CT molecular complexity index is 231. The van der Waals surface area contributed by atoms with E-state index in [1.165, 1.54) is 25.7 Å². The molecule has 3 heteroatoms. The summed E-state index contributed by atoms with van der Waals surface area (Å²) in [6.07, 6.45) is 7.38. The molecular weight excluding hydrogens is 226 g/mol. The lowest BCUT2D eigenvalue weighted by Gasteiger charge is -2.25. The SMILES string of the molecule is CCCN(CCC)C(=O)C(C)COC1CCCC1. The normalized spacial score (nSPS) is 17.9. The Labute approximate surface area is 112 Å². The number of hydrogen-bond acceptors (Lipinski definition) is 2. The van der Waals surface area contributed by atoms with Gasteiger partial charge in [-0.3, -0.25) is 4.79 Å². The van der Waals surface area contributed by atoms with Crippen molar-refractivity contribution < 1.29 is 9.53 Å². The monoisotopic (exact) mass is 255 g/mol. The van der Waals surface area contributed by atoms with E-state index in [9.17, 15) is 4.79 Å². The summed E-state index contributed by atoms with van der Waals surface area (Å²) in [6.45, 7) is 8.58. The van der Waals surface area contributed by atoms with Gasteiger partial charge < -0.3 is 9.64 Å². The van der Waals surface area contributed by atoms with Crippen LogP contribution in [0.25, 0.3) is 0 Å². The predicted molar refractivity (Wildman–Crippen MR) is 74.5 cm³/mol. The van der Waals surface area contributed by atoms with Gasteiger partial charge in [0.2, 0.25) is 5.91 Å². The summed E-state index contributed by atoms with van der Waals surface area (Å²) in [7, 11) is 0. The molecule has 0 radical (unpaired) electrons. The Morgan fingerprint density at radius 3 is 2.28 bits per heavy atom. The predicted octanol–water partition coefficient (Wildman–Crippen LogP) is 3.23. The van der Waals surface area contributed by atoms with E-state index in [0.29, 0.717) is 12.7 Å². The van der Waals surface area contributed by atoms with Gasteiger partial charge in [0.1, 0.15) is 0 Å². The molecule has 1 aliphatic carbocycles. The molecule has 106 valence electrons. The van der Waals surface area contributed by atoms with Gasteiger partial charge in [-0.2, -0.15) is 0 Å². The number of ether oxygens (including phenoxy) is 1. The number of carbonyl (C=O) groups is 1. The molecule has 3 nitrogen and oxygen atoms in total. The third-order valence-electron chi connectivity index (χ3n) is 3.60. The second-order valence-electron chi connectivity index (χ2n) is 5.47. The van der Waals surface area contributed by atoms with Gasteiger partial charge in [-0.1, -0.05) is 33.6 Å². The van der Waals surface area contributed by atoms with Crippen LogP contribution in [0.5, 0.6) is 0 Å². The molecule has 0 N–H and O–H groups in total. The highest BCUT2D eigenvalue weighted by Crippen LogP contribution is 2.21. The highest BCUT2D eigenvalue weighted by atomic mass is 16.5. The van der Waals surface area contributed by atoms with Gasteiger partial charge in [-0.15, -0.1) is 0 Å². The quantitative estimate of drug-likeness (QED) is 0.666. The van der Waals surface area contributed by atoms with E-state index in [0.717, 1.165) is 25.9 Å². The fourth-order valence-electron chi connectivity index (χ4n) is 2.59. The zero-order chi connectivity index (χ0) is 13.4. The topological polar surface area (TPSA) is 29.5 Å². The number of amides is 1. The minimum atomic E-state index is 0.00343. The van der Waals surface area contributed by atoms with Crippen molar-refractivity contribution >= 4 is 5.91 Å². The minimum Gasteiger partial charge on any atom is -0.377 e. The second kappa shape index (κ2) is 8.52. The second-order valence-corrected chi connectivity index (χ2v) is 5.47. The van der Waals surface area contributed by atoms with E-state index in [2.05, 4.69) is 13.8 Å². The van der Waals surface area contributed by atoms with Crippen molar-refractivity contribution in [2.24, 2.45) is 5.92 Å². The lowest BCUT2D eigenvalue weighted by molar-refractivity contribution is -0.137. The minimum absolute atomic E-state index is 0.00343. The molecule has 0 aromatic carbocycles. The maximum absolute atomic E-state index is 12.3. The average Bonchev–Trinajstić information content (AvgIpc) is 2.88. The lowest BCUT2D eigenvalue weighted by Crippen LogP contribution is -2.38. The zero-order valence-electron chi connectivity index (χ0n) is 12.3. The van der Waals surface area contributed by atoms with Crippen LogP contribution in [0.4, 0.5) is 0 Å². The average molecular weight is 255 g/mol. The molecule has 1 atom stereocenters. The molecule has 1 rings (SSSR count). The zero-order valence-corrected chi connectivity index (χ0v) is 12.3. The van der Waals surface area contributed by atoms with Crippen molar-refractivity contribution in [3.05, 3.63) is 0 Å². The molecular formula is C15H29NO2. The van der Waals surface area contributed by atoms with Crippen molar-refractivity contribution in [1.82, 2.24) is 4.90 Å². The number of carbonyl (C=O) groups excluding carboxylic acids is 1. The van der Waals surface area contributed by atoms with Gasteiger partial charge in [-0.05, 0) is 25.7 Å². The highest BCUT2D eigenvalue weighted by molar-refractivity contribution is 5.78. The molecule has 1 aliphatic rings. The summed E-state index contributed by atoms with van der Waals surface area (Å²) in [5.74, 6) is 0.264. The maximum atomic E-state index is 12.3. The Hall–Kier alpha value is -0.570. The summed E-state index contributed by atoms with van der Waals surface area (Å²) >= 11 is 0. The van der Waals surface area contributed by atoms with E-state index in [1.54, 1.807) is 0 Å². The molecule has 0 aromatic heterocycles. The van der Waals surface area contributed by atoms with Gasteiger partial charge in [0.25, 0.3) is 0 Å². The molecule has 1 amide bonds. The van der Waals surface area contributed by atoms with Crippen molar-refractivity contribution in [2.45, 2.75) is 65.4 Å². The molecule has 1 fully saturated rings. The first kappa shape index (κ1) is 15.5. The number of hydrogen-bond donors (Lipinski definition) is 0. The first-order valence-corrected chi connectivity index (χ1v) is 7.59. The van der Waals surface area contributed by atoms with Gasteiger partial charge in [-0.25, -0.2) is 0 Å².